The average Bonchev–Trinajstić information content (AvgIpc) is 3.00. The molecule has 0 saturated carbocycles. The topological polar surface area (TPSA) is 104 Å². The van der Waals surface area contributed by atoms with Gasteiger partial charge in [-0.25, -0.2) is 12.7 Å². The van der Waals surface area contributed by atoms with Crippen LogP contribution in [-0.2, 0) is 26.2 Å². The molecule has 1 saturated heterocycles. The minimum absolute atomic E-state index is 0.0793. The summed E-state index contributed by atoms with van der Waals surface area (Å²) >= 11 is 0. The number of hydrogen-bond donors (Lipinski definition) is 1. The van der Waals surface area contributed by atoms with E-state index in [1.54, 1.807) is 36.4 Å². The smallest absolute Gasteiger partial charge is 0.255 e. The highest BCUT2D eigenvalue weighted by Gasteiger charge is 2.28. The van der Waals surface area contributed by atoms with Crippen LogP contribution >= 0.6 is 0 Å². The minimum atomic E-state index is -3.60. The molecule has 0 bridgehead atoms. The largest absolute Gasteiger partial charge is 0.322 e. The van der Waals surface area contributed by atoms with E-state index in [4.69, 9.17) is 0 Å². The van der Waals surface area contributed by atoms with Gasteiger partial charge in [0.25, 0.3) is 5.91 Å². The normalized spacial score (nSPS) is 14.5. The molecule has 2 aromatic carbocycles. The molecule has 0 unspecified atom stereocenters. The third kappa shape index (κ3) is 4.52. The summed E-state index contributed by atoms with van der Waals surface area (Å²) in [5, 5.41) is 2.68. The minimum Gasteiger partial charge on any atom is -0.322 e. The number of imide groups is 1. The van der Waals surface area contributed by atoms with E-state index in [1.165, 1.54) is 31.1 Å². The number of nitrogens with one attached hydrogen (secondary N) is 1. The highest BCUT2D eigenvalue weighted by Crippen LogP contribution is 2.19. The maximum absolute atomic E-state index is 12.5. The van der Waals surface area contributed by atoms with E-state index in [-0.39, 0.29) is 36.1 Å². The molecule has 1 fully saturated rings. The van der Waals surface area contributed by atoms with Crippen LogP contribution in [0.2, 0.25) is 0 Å². The van der Waals surface area contributed by atoms with Crippen LogP contribution in [0.1, 0.15) is 28.8 Å². The number of hydrogen-bond acceptors (Lipinski definition) is 5. The number of carbonyl (C=O) groups excluding carboxylic acids is 3. The monoisotopic (exact) mass is 415 g/mol. The highest BCUT2D eigenvalue weighted by atomic mass is 32.2. The van der Waals surface area contributed by atoms with Crippen LogP contribution in [0.15, 0.2) is 53.4 Å². The van der Waals surface area contributed by atoms with E-state index in [2.05, 4.69) is 5.32 Å². The predicted octanol–water partition coefficient (Wildman–Crippen LogP) is 1.84. The molecule has 3 amide bonds. The van der Waals surface area contributed by atoms with Crippen LogP contribution < -0.4 is 5.32 Å². The predicted molar refractivity (Wildman–Crippen MR) is 107 cm³/mol. The summed E-state index contributed by atoms with van der Waals surface area (Å²) in [5.74, 6) is -0.780. The second kappa shape index (κ2) is 8.14. The number of likely N-dealkylation sites (tertiary alicyclic amines) is 1. The van der Waals surface area contributed by atoms with Crippen LogP contribution in [0.5, 0.6) is 0 Å². The Morgan fingerprint density at radius 1 is 1.03 bits per heavy atom. The van der Waals surface area contributed by atoms with Crippen LogP contribution in [-0.4, -0.2) is 49.4 Å². The van der Waals surface area contributed by atoms with Crippen molar-refractivity contribution < 1.29 is 22.8 Å². The molecule has 1 heterocycles. The fourth-order valence-corrected chi connectivity index (χ4v) is 3.84. The third-order valence-corrected chi connectivity index (χ3v) is 6.39. The molecule has 1 aliphatic rings. The molecule has 1 aliphatic heterocycles. The summed E-state index contributed by atoms with van der Waals surface area (Å²) in [4.78, 5) is 37.2. The first-order valence-electron chi connectivity index (χ1n) is 8.94. The Labute approximate surface area is 169 Å². The number of amides is 3. The second-order valence-electron chi connectivity index (χ2n) is 6.84. The Kier molecular flexibility index (Phi) is 5.81. The Bertz CT molecular complexity index is 1050. The summed E-state index contributed by atoms with van der Waals surface area (Å²) in [6.07, 6.45) is 0.476. The molecule has 2 aromatic rings. The first-order valence-corrected chi connectivity index (χ1v) is 10.4. The lowest BCUT2D eigenvalue weighted by atomic mass is 10.1. The summed E-state index contributed by atoms with van der Waals surface area (Å²) in [5.41, 5.74) is 1.47. The molecular formula is C20H21N3O5S. The van der Waals surface area contributed by atoms with Crippen LogP contribution in [0.4, 0.5) is 5.69 Å². The highest BCUT2D eigenvalue weighted by molar-refractivity contribution is 7.89. The molecule has 0 spiro atoms. The third-order valence-electron chi connectivity index (χ3n) is 4.58. The van der Waals surface area contributed by atoms with Gasteiger partial charge in [-0.2, -0.15) is 0 Å². The van der Waals surface area contributed by atoms with Crippen molar-refractivity contribution in [1.29, 1.82) is 0 Å². The number of sulfonamides is 1. The van der Waals surface area contributed by atoms with E-state index in [0.29, 0.717) is 11.3 Å². The van der Waals surface area contributed by atoms with E-state index >= 15 is 0 Å². The molecule has 8 nitrogen and oxygen atoms in total. The van der Waals surface area contributed by atoms with Crippen LogP contribution in [0, 0.1) is 0 Å². The Morgan fingerprint density at radius 3 is 2.24 bits per heavy atom. The number of anilines is 1. The van der Waals surface area contributed by atoms with Crippen molar-refractivity contribution in [3.8, 4) is 0 Å². The van der Waals surface area contributed by atoms with Gasteiger partial charge >= 0.3 is 0 Å². The lowest BCUT2D eigenvalue weighted by molar-refractivity contribution is -0.139. The Morgan fingerprint density at radius 2 is 1.66 bits per heavy atom. The molecular weight excluding hydrogens is 394 g/mol. The van der Waals surface area contributed by atoms with Crippen molar-refractivity contribution in [1.82, 2.24) is 9.21 Å². The van der Waals surface area contributed by atoms with Gasteiger partial charge in [0.2, 0.25) is 21.8 Å². The molecule has 0 aromatic heterocycles. The number of nitrogens with zero attached hydrogens (tertiary/aromatic N) is 2. The molecule has 1 N–H and O–H groups in total. The van der Waals surface area contributed by atoms with E-state index < -0.39 is 15.9 Å². The van der Waals surface area contributed by atoms with Gasteiger partial charge < -0.3 is 5.32 Å². The van der Waals surface area contributed by atoms with E-state index in [1.807, 2.05) is 0 Å². The van der Waals surface area contributed by atoms with E-state index in [9.17, 15) is 22.8 Å². The number of carbonyl (C=O) groups is 3. The van der Waals surface area contributed by atoms with Gasteiger partial charge in [0.15, 0.2) is 0 Å². The second-order valence-corrected chi connectivity index (χ2v) is 8.99. The van der Waals surface area contributed by atoms with Gasteiger partial charge in [-0.05, 0) is 35.9 Å². The lowest BCUT2D eigenvalue weighted by Gasteiger charge is -2.14. The fourth-order valence-electron chi connectivity index (χ4n) is 2.89. The number of rotatable bonds is 6. The zero-order valence-electron chi connectivity index (χ0n) is 16.1. The molecule has 0 aliphatic carbocycles. The van der Waals surface area contributed by atoms with Crippen LogP contribution in [0.25, 0.3) is 0 Å². The van der Waals surface area contributed by atoms with Gasteiger partial charge in [0, 0.05) is 38.2 Å². The van der Waals surface area contributed by atoms with Crippen molar-refractivity contribution in [2.24, 2.45) is 0 Å². The van der Waals surface area contributed by atoms with Crippen molar-refractivity contribution in [3.63, 3.8) is 0 Å². The average molecular weight is 415 g/mol. The summed E-state index contributed by atoms with van der Waals surface area (Å²) in [7, 11) is -0.732. The van der Waals surface area contributed by atoms with Crippen molar-refractivity contribution >= 4 is 33.4 Å². The van der Waals surface area contributed by atoms with Crippen molar-refractivity contribution in [2.75, 3.05) is 19.4 Å². The zero-order chi connectivity index (χ0) is 21.2. The molecule has 3 rings (SSSR count). The van der Waals surface area contributed by atoms with Crippen molar-refractivity contribution in [2.45, 2.75) is 24.3 Å². The van der Waals surface area contributed by atoms with Gasteiger partial charge in [-0.3, -0.25) is 19.3 Å². The molecule has 9 heteroatoms. The van der Waals surface area contributed by atoms with E-state index in [0.717, 1.165) is 9.87 Å². The molecule has 29 heavy (non-hydrogen) atoms. The quantitative estimate of drug-likeness (QED) is 0.725. The maximum Gasteiger partial charge on any atom is 0.255 e. The van der Waals surface area contributed by atoms with Gasteiger partial charge in [-0.15, -0.1) is 0 Å². The maximum atomic E-state index is 12.5. The van der Waals surface area contributed by atoms with Gasteiger partial charge in [0.1, 0.15) is 0 Å². The van der Waals surface area contributed by atoms with Crippen molar-refractivity contribution in [3.05, 3.63) is 59.7 Å². The first-order chi connectivity index (χ1) is 13.7. The zero-order valence-corrected chi connectivity index (χ0v) is 16.9. The summed E-state index contributed by atoms with van der Waals surface area (Å²) in [6, 6.07) is 12.6. The van der Waals surface area contributed by atoms with Gasteiger partial charge in [-0.1, -0.05) is 18.2 Å². The molecule has 0 radical (unpaired) electrons. The molecule has 152 valence electrons. The Hall–Kier alpha value is -3.04. The summed E-state index contributed by atoms with van der Waals surface area (Å²) < 4.78 is 25.6. The first kappa shape index (κ1) is 20.7. The number of benzene rings is 2. The molecule has 0 atom stereocenters. The SMILES string of the molecule is CN(C)S(=O)(=O)c1cccc(NC(=O)c2ccc(CN3C(=O)CCC3=O)cc2)c1. The van der Waals surface area contributed by atoms with Crippen LogP contribution in [0.3, 0.4) is 0 Å². The standard InChI is InChI=1S/C20H21N3O5S/c1-22(2)29(27,28)17-5-3-4-16(12-17)21-20(26)15-8-6-14(7-9-15)13-23-18(24)10-11-19(23)25/h3-9,12H,10-11,13H2,1-2H3,(H,21,26). The fraction of sp³-hybridized carbons (Fsp3) is 0.250. The Balaban J connectivity index is 1.70. The lowest BCUT2D eigenvalue weighted by Crippen LogP contribution is -2.28. The summed E-state index contributed by atoms with van der Waals surface area (Å²) in [6.45, 7) is 0.185. The van der Waals surface area contributed by atoms with Gasteiger partial charge in [0.05, 0.1) is 11.4 Å².